The van der Waals surface area contributed by atoms with Gasteiger partial charge in [0.2, 0.25) is 5.89 Å². The molecule has 0 amide bonds. The molecule has 4 nitrogen and oxygen atoms in total. The molecular formula is C18H17NO3. The van der Waals surface area contributed by atoms with Crippen LogP contribution in [0.15, 0.2) is 52.9 Å². The lowest BCUT2D eigenvalue weighted by Crippen LogP contribution is -2.06. The Bertz CT molecular complexity index is 741. The minimum absolute atomic E-state index is 0.294. The van der Waals surface area contributed by atoms with Crippen molar-refractivity contribution in [2.24, 2.45) is 0 Å². The number of nitrogens with zero attached hydrogens (tertiary/aromatic N) is 1. The number of ether oxygens (including phenoxy) is 1. The standard InChI is InChI=1S/C18H17NO3/c1-2-3-12-21-18(20)14-10-8-13(9-11-14)17-19-15-6-4-5-7-16(15)22-17/h4-11H,2-3,12H2,1H3. The molecule has 1 aromatic heterocycles. The van der Waals surface area contributed by atoms with Gasteiger partial charge in [0, 0.05) is 5.56 Å². The SMILES string of the molecule is CCCCOC(=O)c1ccc(-c2nc3ccccc3o2)cc1. The van der Waals surface area contributed by atoms with Crippen molar-refractivity contribution in [2.45, 2.75) is 19.8 Å². The first kappa shape index (κ1) is 14.3. The quantitative estimate of drug-likeness (QED) is 0.515. The van der Waals surface area contributed by atoms with Crippen LogP contribution in [-0.2, 0) is 4.74 Å². The summed E-state index contributed by atoms with van der Waals surface area (Å²) in [5, 5.41) is 0. The predicted molar refractivity (Wildman–Crippen MR) is 84.6 cm³/mol. The Labute approximate surface area is 128 Å². The molecule has 3 aromatic rings. The van der Waals surface area contributed by atoms with Crippen molar-refractivity contribution in [1.82, 2.24) is 4.98 Å². The van der Waals surface area contributed by atoms with E-state index >= 15 is 0 Å². The van der Waals surface area contributed by atoms with Gasteiger partial charge in [0.25, 0.3) is 0 Å². The van der Waals surface area contributed by atoms with Gasteiger partial charge in [0.15, 0.2) is 5.58 Å². The molecule has 0 saturated heterocycles. The van der Waals surface area contributed by atoms with Gasteiger partial charge in [-0.3, -0.25) is 0 Å². The van der Waals surface area contributed by atoms with Gasteiger partial charge in [-0.05, 0) is 42.8 Å². The van der Waals surface area contributed by atoms with E-state index in [2.05, 4.69) is 11.9 Å². The van der Waals surface area contributed by atoms with Crippen molar-refractivity contribution in [2.75, 3.05) is 6.61 Å². The minimum atomic E-state index is -0.294. The molecule has 0 aliphatic carbocycles. The molecule has 0 unspecified atom stereocenters. The molecule has 0 bridgehead atoms. The monoisotopic (exact) mass is 295 g/mol. The molecule has 0 radical (unpaired) electrons. The lowest BCUT2D eigenvalue weighted by Gasteiger charge is -2.04. The third-order valence-electron chi connectivity index (χ3n) is 3.39. The Balaban J connectivity index is 1.77. The molecule has 112 valence electrons. The van der Waals surface area contributed by atoms with E-state index < -0.39 is 0 Å². The summed E-state index contributed by atoms with van der Waals surface area (Å²) in [6, 6.07) is 14.7. The van der Waals surface area contributed by atoms with Crippen molar-refractivity contribution in [3.05, 3.63) is 54.1 Å². The number of esters is 1. The van der Waals surface area contributed by atoms with Gasteiger partial charge in [-0.15, -0.1) is 0 Å². The Hall–Kier alpha value is -2.62. The topological polar surface area (TPSA) is 52.3 Å². The van der Waals surface area contributed by atoms with E-state index in [1.807, 2.05) is 36.4 Å². The number of fused-ring (bicyclic) bond motifs is 1. The number of carbonyl (C=O) groups excluding carboxylic acids is 1. The second kappa shape index (κ2) is 6.43. The molecule has 1 heterocycles. The first-order chi connectivity index (χ1) is 10.8. The van der Waals surface area contributed by atoms with Crippen LogP contribution in [0.5, 0.6) is 0 Å². The van der Waals surface area contributed by atoms with E-state index in [1.165, 1.54) is 0 Å². The van der Waals surface area contributed by atoms with E-state index in [9.17, 15) is 4.79 Å². The summed E-state index contributed by atoms with van der Waals surface area (Å²) in [4.78, 5) is 16.3. The highest BCUT2D eigenvalue weighted by molar-refractivity contribution is 5.90. The Morgan fingerprint density at radius 3 is 2.64 bits per heavy atom. The molecule has 0 aliphatic heterocycles. The maximum atomic E-state index is 11.8. The number of aromatic nitrogens is 1. The number of oxazole rings is 1. The predicted octanol–water partition coefficient (Wildman–Crippen LogP) is 4.45. The van der Waals surface area contributed by atoms with E-state index in [0.717, 1.165) is 29.5 Å². The molecule has 22 heavy (non-hydrogen) atoms. The second-order valence-electron chi connectivity index (χ2n) is 5.05. The van der Waals surface area contributed by atoms with Crippen LogP contribution < -0.4 is 0 Å². The molecule has 0 fully saturated rings. The second-order valence-corrected chi connectivity index (χ2v) is 5.05. The van der Waals surface area contributed by atoms with Gasteiger partial charge in [-0.1, -0.05) is 25.5 Å². The zero-order chi connectivity index (χ0) is 15.4. The highest BCUT2D eigenvalue weighted by Crippen LogP contribution is 2.24. The lowest BCUT2D eigenvalue weighted by atomic mass is 10.1. The van der Waals surface area contributed by atoms with Gasteiger partial charge in [0.1, 0.15) is 5.52 Å². The van der Waals surface area contributed by atoms with Gasteiger partial charge in [0.05, 0.1) is 12.2 Å². The van der Waals surface area contributed by atoms with Gasteiger partial charge in [-0.25, -0.2) is 9.78 Å². The average molecular weight is 295 g/mol. The van der Waals surface area contributed by atoms with E-state index in [1.54, 1.807) is 12.1 Å². The number of benzene rings is 2. The van der Waals surface area contributed by atoms with Crippen LogP contribution in [-0.4, -0.2) is 17.6 Å². The van der Waals surface area contributed by atoms with E-state index in [4.69, 9.17) is 9.15 Å². The van der Waals surface area contributed by atoms with Gasteiger partial charge in [-0.2, -0.15) is 0 Å². The third-order valence-corrected chi connectivity index (χ3v) is 3.39. The van der Waals surface area contributed by atoms with Crippen LogP contribution in [0.25, 0.3) is 22.6 Å². The summed E-state index contributed by atoms with van der Waals surface area (Å²) >= 11 is 0. The summed E-state index contributed by atoms with van der Waals surface area (Å²) in [6.45, 7) is 2.52. The molecule has 0 N–H and O–H groups in total. The fraction of sp³-hybridized carbons (Fsp3) is 0.222. The van der Waals surface area contributed by atoms with E-state index in [-0.39, 0.29) is 5.97 Å². The zero-order valence-electron chi connectivity index (χ0n) is 12.4. The number of hydrogen-bond acceptors (Lipinski definition) is 4. The first-order valence-corrected chi connectivity index (χ1v) is 7.41. The Kier molecular flexibility index (Phi) is 4.19. The maximum absolute atomic E-state index is 11.8. The van der Waals surface area contributed by atoms with E-state index in [0.29, 0.717) is 18.1 Å². The highest BCUT2D eigenvalue weighted by atomic mass is 16.5. The van der Waals surface area contributed by atoms with Crippen LogP contribution in [0.1, 0.15) is 30.1 Å². The largest absolute Gasteiger partial charge is 0.462 e. The van der Waals surface area contributed by atoms with Crippen LogP contribution in [0.2, 0.25) is 0 Å². The van der Waals surface area contributed by atoms with Crippen LogP contribution >= 0.6 is 0 Å². The molecule has 2 aromatic carbocycles. The van der Waals surface area contributed by atoms with Crippen LogP contribution in [0, 0.1) is 0 Å². The van der Waals surface area contributed by atoms with Crippen molar-refractivity contribution < 1.29 is 13.9 Å². The number of hydrogen-bond donors (Lipinski definition) is 0. The molecule has 3 rings (SSSR count). The maximum Gasteiger partial charge on any atom is 0.338 e. The molecule has 4 heteroatoms. The first-order valence-electron chi connectivity index (χ1n) is 7.41. The summed E-state index contributed by atoms with van der Waals surface area (Å²) in [7, 11) is 0. The van der Waals surface area contributed by atoms with Crippen molar-refractivity contribution >= 4 is 17.1 Å². The zero-order valence-corrected chi connectivity index (χ0v) is 12.4. The number of carbonyl (C=O) groups is 1. The number of rotatable bonds is 5. The minimum Gasteiger partial charge on any atom is -0.462 e. The van der Waals surface area contributed by atoms with Crippen molar-refractivity contribution in [1.29, 1.82) is 0 Å². The van der Waals surface area contributed by atoms with Crippen molar-refractivity contribution in [3.63, 3.8) is 0 Å². The summed E-state index contributed by atoms with van der Waals surface area (Å²) in [6.07, 6.45) is 1.89. The van der Waals surface area contributed by atoms with Gasteiger partial charge >= 0.3 is 5.97 Å². The van der Waals surface area contributed by atoms with Crippen molar-refractivity contribution in [3.8, 4) is 11.5 Å². The normalized spacial score (nSPS) is 10.8. The Morgan fingerprint density at radius 2 is 1.91 bits per heavy atom. The number of para-hydroxylation sites is 2. The fourth-order valence-electron chi connectivity index (χ4n) is 2.14. The van der Waals surface area contributed by atoms with Crippen LogP contribution in [0.4, 0.5) is 0 Å². The molecule has 0 atom stereocenters. The smallest absolute Gasteiger partial charge is 0.338 e. The average Bonchev–Trinajstić information content (AvgIpc) is 2.99. The molecule has 0 spiro atoms. The fourth-order valence-corrected chi connectivity index (χ4v) is 2.14. The van der Waals surface area contributed by atoms with Gasteiger partial charge < -0.3 is 9.15 Å². The number of unbranched alkanes of at least 4 members (excludes halogenated alkanes) is 1. The lowest BCUT2D eigenvalue weighted by molar-refractivity contribution is 0.0500. The third kappa shape index (κ3) is 3.01. The molecule has 0 aliphatic rings. The summed E-state index contributed by atoms with van der Waals surface area (Å²) in [5.74, 6) is 0.254. The van der Waals surface area contributed by atoms with Crippen LogP contribution in [0.3, 0.4) is 0 Å². The summed E-state index contributed by atoms with van der Waals surface area (Å²) < 4.78 is 10.9. The molecular weight excluding hydrogens is 278 g/mol. The summed E-state index contributed by atoms with van der Waals surface area (Å²) in [5.41, 5.74) is 2.94. The Morgan fingerprint density at radius 1 is 1.14 bits per heavy atom. The molecule has 0 saturated carbocycles. The highest BCUT2D eigenvalue weighted by Gasteiger charge is 2.10.